The van der Waals surface area contributed by atoms with Gasteiger partial charge in [0, 0.05) is 19.2 Å². The summed E-state index contributed by atoms with van der Waals surface area (Å²) in [5.74, 6) is -0.458. The maximum Gasteiger partial charge on any atom is 0.354 e. The van der Waals surface area contributed by atoms with Gasteiger partial charge in [0.15, 0.2) is 5.69 Å². The van der Waals surface area contributed by atoms with E-state index in [4.69, 9.17) is 5.11 Å². The van der Waals surface area contributed by atoms with Crippen LogP contribution in [0.5, 0.6) is 0 Å². The number of hydrogen-bond acceptors (Lipinski definition) is 5. The molecule has 0 amide bonds. The van der Waals surface area contributed by atoms with Crippen LogP contribution in [0.25, 0.3) is 0 Å². The minimum Gasteiger partial charge on any atom is -0.477 e. The fourth-order valence-electron chi connectivity index (χ4n) is 1.69. The number of aromatic nitrogens is 2. The van der Waals surface area contributed by atoms with Gasteiger partial charge in [-0.25, -0.2) is 14.8 Å². The molecule has 1 aliphatic heterocycles. The molecule has 0 bridgehead atoms. The summed E-state index contributed by atoms with van der Waals surface area (Å²) in [7, 11) is 0. The van der Waals surface area contributed by atoms with Crippen molar-refractivity contribution in [1.29, 1.82) is 0 Å². The van der Waals surface area contributed by atoms with Crippen molar-refractivity contribution in [1.82, 2.24) is 9.97 Å². The van der Waals surface area contributed by atoms with Crippen molar-refractivity contribution >= 4 is 23.7 Å². The van der Waals surface area contributed by atoms with Crippen LogP contribution in [0.15, 0.2) is 11.1 Å². The molecule has 0 saturated carbocycles. The highest BCUT2D eigenvalue weighted by Crippen LogP contribution is 2.20. The third kappa shape index (κ3) is 2.27. The number of anilines is 1. The molecule has 1 fully saturated rings. The predicted octanol–water partition coefficient (Wildman–Crippen LogP) is 1.50. The summed E-state index contributed by atoms with van der Waals surface area (Å²) in [6.45, 7) is 1.83. The average molecular weight is 239 g/mol. The number of aromatic carboxylic acids is 1. The molecule has 1 aromatic heterocycles. The Kier molecular flexibility index (Phi) is 3.28. The van der Waals surface area contributed by atoms with Crippen LogP contribution in [-0.4, -0.2) is 40.4 Å². The minimum atomic E-state index is -1.00. The van der Waals surface area contributed by atoms with E-state index in [1.54, 1.807) is 0 Å². The minimum absolute atomic E-state index is 0.0706. The topological polar surface area (TPSA) is 66.3 Å². The van der Waals surface area contributed by atoms with E-state index >= 15 is 0 Å². The molecular weight excluding hydrogens is 226 g/mol. The van der Waals surface area contributed by atoms with Crippen LogP contribution in [0, 0.1) is 0 Å². The van der Waals surface area contributed by atoms with Gasteiger partial charge in [0.25, 0.3) is 0 Å². The van der Waals surface area contributed by atoms with Gasteiger partial charge in [0.1, 0.15) is 5.03 Å². The molecule has 6 heteroatoms. The van der Waals surface area contributed by atoms with Crippen LogP contribution < -0.4 is 4.90 Å². The number of rotatable bonds is 3. The second-order valence-electron chi connectivity index (χ2n) is 3.59. The highest BCUT2D eigenvalue weighted by atomic mass is 32.2. The van der Waals surface area contributed by atoms with Crippen molar-refractivity contribution in [2.75, 3.05) is 24.2 Å². The van der Waals surface area contributed by atoms with Gasteiger partial charge in [-0.05, 0) is 19.1 Å². The molecule has 0 spiro atoms. The Bertz CT molecular complexity index is 405. The molecule has 86 valence electrons. The smallest absolute Gasteiger partial charge is 0.354 e. The van der Waals surface area contributed by atoms with Gasteiger partial charge in [-0.1, -0.05) is 0 Å². The Morgan fingerprint density at radius 1 is 1.44 bits per heavy atom. The van der Waals surface area contributed by atoms with E-state index in [2.05, 4.69) is 9.97 Å². The number of carbonyl (C=O) groups is 1. The van der Waals surface area contributed by atoms with Crippen LogP contribution in [0.2, 0.25) is 0 Å². The van der Waals surface area contributed by atoms with Gasteiger partial charge in [0.05, 0.1) is 0 Å². The second kappa shape index (κ2) is 4.69. The third-order valence-electron chi connectivity index (χ3n) is 2.51. The number of thioether (sulfide) groups is 1. The maximum absolute atomic E-state index is 10.9. The highest BCUT2D eigenvalue weighted by Gasteiger charge is 2.18. The zero-order chi connectivity index (χ0) is 11.5. The molecule has 2 heterocycles. The molecule has 1 aliphatic rings. The zero-order valence-corrected chi connectivity index (χ0v) is 9.83. The molecule has 0 atom stereocenters. The first-order valence-electron chi connectivity index (χ1n) is 5.12. The van der Waals surface area contributed by atoms with Crippen molar-refractivity contribution in [3.05, 3.63) is 11.8 Å². The highest BCUT2D eigenvalue weighted by molar-refractivity contribution is 7.98. The quantitative estimate of drug-likeness (QED) is 0.637. The van der Waals surface area contributed by atoms with E-state index in [-0.39, 0.29) is 5.69 Å². The van der Waals surface area contributed by atoms with E-state index < -0.39 is 5.97 Å². The summed E-state index contributed by atoms with van der Waals surface area (Å²) in [5.41, 5.74) is 0.0706. The molecule has 0 aromatic carbocycles. The summed E-state index contributed by atoms with van der Waals surface area (Å²) in [4.78, 5) is 21.3. The number of nitrogens with zero attached hydrogens (tertiary/aromatic N) is 3. The number of carboxylic acid groups (broad SMARTS) is 1. The molecular formula is C10H13N3O2S. The van der Waals surface area contributed by atoms with Gasteiger partial charge in [-0.3, -0.25) is 0 Å². The maximum atomic E-state index is 10.9. The van der Waals surface area contributed by atoms with Crippen molar-refractivity contribution < 1.29 is 9.90 Å². The summed E-state index contributed by atoms with van der Waals surface area (Å²) >= 11 is 1.43. The van der Waals surface area contributed by atoms with E-state index in [0.717, 1.165) is 25.9 Å². The lowest BCUT2D eigenvalue weighted by molar-refractivity contribution is 0.0690. The van der Waals surface area contributed by atoms with Gasteiger partial charge in [-0.15, -0.1) is 11.8 Å². The lowest BCUT2D eigenvalue weighted by Gasteiger charge is -2.15. The largest absolute Gasteiger partial charge is 0.477 e. The first kappa shape index (κ1) is 11.2. The molecule has 0 radical (unpaired) electrons. The van der Waals surface area contributed by atoms with Gasteiger partial charge in [0.2, 0.25) is 5.95 Å². The molecule has 16 heavy (non-hydrogen) atoms. The number of carboxylic acids is 1. The van der Waals surface area contributed by atoms with Gasteiger partial charge < -0.3 is 10.0 Å². The Labute approximate surface area is 97.9 Å². The van der Waals surface area contributed by atoms with Crippen molar-refractivity contribution in [2.24, 2.45) is 0 Å². The Morgan fingerprint density at radius 2 is 2.12 bits per heavy atom. The summed E-state index contributed by atoms with van der Waals surface area (Å²) in [5, 5.41) is 9.66. The molecule has 1 N–H and O–H groups in total. The Morgan fingerprint density at radius 3 is 2.69 bits per heavy atom. The van der Waals surface area contributed by atoms with E-state index in [1.165, 1.54) is 17.8 Å². The number of hydrogen-bond donors (Lipinski definition) is 1. The molecule has 2 rings (SSSR count). The van der Waals surface area contributed by atoms with Crippen molar-refractivity contribution in [3.63, 3.8) is 0 Å². The van der Waals surface area contributed by atoms with Crippen molar-refractivity contribution in [2.45, 2.75) is 17.9 Å². The predicted molar refractivity (Wildman–Crippen MR) is 62.2 cm³/mol. The molecule has 0 aliphatic carbocycles. The van der Waals surface area contributed by atoms with E-state index in [9.17, 15) is 4.79 Å². The molecule has 0 unspecified atom stereocenters. The van der Waals surface area contributed by atoms with Crippen LogP contribution in [0.4, 0.5) is 5.95 Å². The monoisotopic (exact) mass is 239 g/mol. The van der Waals surface area contributed by atoms with Crippen LogP contribution >= 0.6 is 11.8 Å². The van der Waals surface area contributed by atoms with E-state index in [1.807, 2.05) is 11.2 Å². The second-order valence-corrected chi connectivity index (χ2v) is 4.42. The van der Waals surface area contributed by atoms with E-state index in [0.29, 0.717) is 11.0 Å². The van der Waals surface area contributed by atoms with Crippen molar-refractivity contribution in [3.8, 4) is 0 Å². The first-order valence-corrected chi connectivity index (χ1v) is 6.34. The molecule has 1 aromatic rings. The molecule has 5 nitrogen and oxygen atoms in total. The SMILES string of the molecule is CSc1cc(C(=O)O)nc(N2CCCC2)n1. The average Bonchev–Trinajstić information content (AvgIpc) is 2.81. The van der Waals surface area contributed by atoms with Crippen LogP contribution in [0.3, 0.4) is 0 Å². The lowest BCUT2D eigenvalue weighted by Crippen LogP contribution is -2.21. The van der Waals surface area contributed by atoms with Gasteiger partial charge in [-0.2, -0.15) is 0 Å². The first-order chi connectivity index (χ1) is 7.70. The van der Waals surface area contributed by atoms with Gasteiger partial charge >= 0.3 is 5.97 Å². The Hall–Kier alpha value is -1.30. The van der Waals surface area contributed by atoms with Crippen LogP contribution in [-0.2, 0) is 0 Å². The summed E-state index contributed by atoms with van der Waals surface area (Å²) in [6.07, 6.45) is 4.12. The standard InChI is InChI=1S/C10H13N3O2S/c1-16-8-6-7(9(14)15)11-10(12-8)13-4-2-3-5-13/h6H,2-5H2,1H3,(H,14,15). The summed E-state index contributed by atoms with van der Waals surface area (Å²) < 4.78 is 0. The Balaban J connectivity index is 2.35. The summed E-state index contributed by atoms with van der Waals surface area (Å²) in [6, 6.07) is 1.51. The fraction of sp³-hybridized carbons (Fsp3) is 0.500. The zero-order valence-electron chi connectivity index (χ0n) is 9.01. The lowest BCUT2D eigenvalue weighted by atomic mass is 10.4. The third-order valence-corrected chi connectivity index (χ3v) is 3.14. The fourth-order valence-corrected chi connectivity index (χ4v) is 2.09. The molecule has 1 saturated heterocycles. The normalized spacial score (nSPS) is 15.4. The van der Waals surface area contributed by atoms with Crippen LogP contribution in [0.1, 0.15) is 23.3 Å².